The molecule has 0 unspecified atom stereocenters. The molecule has 1 aromatic heterocycles. The van der Waals surface area contributed by atoms with E-state index in [4.69, 9.17) is 19.4 Å². The summed E-state index contributed by atoms with van der Waals surface area (Å²) in [7, 11) is 3.30. The lowest BCUT2D eigenvalue weighted by molar-refractivity contribution is 0.356. The number of aromatic nitrogens is 2. The van der Waals surface area contributed by atoms with E-state index in [9.17, 15) is 0 Å². The van der Waals surface area contributed by atoms with Crippen LogP contribution in [0.1, 0.15) is 44.1 Å². The van der Waals surface area contributed by atoms with Gasteiger partial charge in [0.05, 0.1) is 19.7 Å². The molecule has 1 aliphatic rings. The molecule has 0 saturated heterocycles. The molecule has 1 fully saturated rings. The van der Waals surface area contributed by atoms with Crippen LogP contribution in [-0.2, 0) is 6.42 Å². The van der Waals surface area contributed by atoms with Crippen LogP contribution in [0.25, 0.3) is 10.9 Å². The molecule has 3 aromatic rings. The van der Waals surface area contributed by atoms with E-state index in [2.05, 4.69) is 34.9 Å². The van der Waals surface area contributed by atoms with Gasteiger partial charge in [0.2, 0.25) is 5.95 Å². The van der Waals surface area contributed by atoms with Crippen molar-refractivity contribution in [2.24, 2.45) is 0 Å². The van der Waals surface area contributed by atoms with Crippen LogP contribution in [0, 0.1) is 0 Å². The number of fused-ring (bicyclic) bond motifs is 1. The van der Waals surface area contributed by atoms with Gasteiger partial charge in [0.1, 0.15) is 5.82 Å². The van der Waals surface area contributed by atoms with Crippen molar-refractivity contribution in [1.82, 2.24) is 9.97 Å². The lowest BCUT2D eigenvalue weighted by Gasteiger charge is -2.20. The van der Waals surface area contributed by atoms with Crippen LogP contribution < -0.4 is 20.1 Å². The maximum Gasteiger partial charge on any atom is 0.225 e. The van der Waals surface area contributed by atoms with Gasteiger partial charge in [-0.3, -0.25) is 0 Å². The Morgan fingerprint density at radius 3 is 2.32 bits per heavy atom. The third-order valence-electron chi connectivity index (χ3n) is 5.94. The monoisotopic (exact) mass is 420 g/mol. The molecule has 0 amide bonds. The number of nitrogens with zero attached hydrogens (tertiary/aromatic N) is 2. The summed E-state index contributed by atoms with van der Waals surface area (Å²) >= 11 is 0. The Morgan fingerprint density at radius 2 is 1.61 bits per heavy atom. The molecular formula is C25H32N4O2. The highest BCUT2D eigenvalue weighted by Crippen LogP contribution is 2.35. The number of nitrogens with one attached hydrogen (secondary N) is 2. The van der Waals surface area contributed by atoms with Gasteiger partial charge in [0.25, 0.3) is 0 Å². The summed E-state index contributed by atoms with van der Waals surface area (Å²) in [5.41, 5.74) is 2.13. The Kier molecular flexibility index (Phi) is 7.07. The first-order valence-corrected chi connectivity index (χ1v) is 11.2. The van der Waals surface area contributed by atoms with Gasteiger partial charge >= 0.3 is 0 Å². The van der Waals surface area contributed by atoms with Gasteiger partial charge in [-0.15, -0.1) is 0 Å². The highest BCUT2D eigenvalue weighted by molar-refractivity contribution is 5.92. The number of benzene rings is 2. The highest BCUT2D eigenvalue weighted by Gasteiger charge is 2.17. The average molecular weight is 421 g/mol. The predicted octanol–water partition coefficient (Wildman–Crippen LogP) is 5.44. The van der Waals surface area contributed by atoms with Crippen molar-refractivity contribution >= 4 is 22.7 Å². The van der Waals surface area contributed by atoms with E-state index in [1.165, 1.54) is 44.1 Å². The van der Waals surface area contributed by atoms with Crippen LogP contribution in [-0.4, -0.2) is 36.8 Å². The second kappa shape index (κ2) is 10.3. The summed E-state index contributed by atoms with van der Waals surface area (Å²) in [6, 6.07) is 14.8. The molecule has 2 N–H and O–H groups in total. The van der Waals surface area contributed by atoms with Gasteiger partial charge in [0.15, 0.2) is 11.5 Å². The molecule has 0 radical (unpaired) electrons. The van der Waals surface area contributed by atoms with Crippen LogP contribution >= 0.6 is 0 Å². The zero-order valence-corrected chi connectivity index (χ0v) is 18.5. The molecule has 1 aliphatic carbocycles. The van der Waals surface area contributed by atoms with Crippen molar-refractivity contribution in [1.29, 1.82) is 0 Å². The quantitative estimate of drug-likeness (QED) is 0.473. The van der Waals surface area contributed by atoms with Crippen molar-refractivity contribution in [3.63, 3.8) is 0 Å². The van der Waals surface area contributed by atoms with Crippen molar-refractivity contribution in [2.45, 2.75) is 51.0 Å². The standard InChI is InChI=1S/C25H32N4O2/c1-30-22-16-20-21(17-23(22)31-2)28-25(26-15-14-18-10-6-5-7-11-18)29-24(20)27-19-12-8-3-4-9-13-19/h5-7,10-11,16-17,19H,3-4,8-9,12-15H2,1-2H3,(H2,26,27,28,29). The van der Waals surface area contributed by atoms with E-state index in [0.717, 1.165) is 29.7 Å². The molecule has 31 heavy (non-hydrogen) atoms. The SMILES string of the molecule is COc1cc2nc(NCCc3ccccc3)nc(NC3CCCCCC3)c2cc1OC. The van der Waals surface area contributed by atoms with E-state index in [1.54, 1.807) is 14.2 Å². The number of rotatable bonds is 8. The maximum atomic E-state index is 5.53. The van der Waals surface area contributed by atoms with Gasteiger partial charge in [-0.2, -0.15) is 4.98 Å². The van der Waals surface area contributed by atoms with Gasteiger partial charge in [-0.05, 0) is 30.9 Å². The van der Waals surface area contributed by atoms with Crippen molar-refractivity contribution in [3.05, 3.63) is 48.0 Å². The van der Waals surface area contributed by atoms with E-state index in [1.807, 2.05) is 18.2 Å². The summed E-state index contributed by atoms with van der Waals surface area (Å²) in [5.74, 6) is 2.85. The molecule has 6 heteroatoms. The summed E-state index contributed by atoms with van der Waals surface area (Å²) < 4.78 is 11.0. The second-order valence-corrected chi connectivity index (χ2v) is 8.12. The molecule has 0 atom stereocenters. The Morgan fingerprint density at radius 1 is 0.903 bits per heavy atom. The lowest BCUT2D eigenvalue weighted by atomic mass is 10.1. The average Bonchev–Trinajstić information content (AvgIpc) is 3.07. The minimum atomic E-state index is 0.436. The predicted molar refractivity (Wildman–Crippen MR) is 126 cm³/mol. The molecule has 0 bridgehead atoms. The van der Waals surface area contributed by atoms with E-state index in [0.29, 0.717) is 23.5 Å². The van der Waals surface area contributed by atoms with Gasteiger partial charge in [-0.25, -0.2) is 4.98 Å². The molecule has 1 heterocycles. The number of ether oxygens (including phenoxy) is 2. The van der Waals surface area contributed by atoms with E-state index >= 15 is 0 Å². The molecule has 0 spiro atoms. The zero-order valence-electron chi connectivity index (χ0n) is 18.5. The number of methoxy groups -OCH3 is 2. The Labute approximate surface area is 184 Å². The molecule has 1 saturated carbocycles. The van der Waals surface area contributed by atoms with Crippen molar-refractivity contribution in [2.75, 3.05) is 31.4 Å². The summed E-state index contributed by atoms with van der Waals surface area (Å²) in [6.45, 7) is 0.770. The molecule has 6 nitrogen and oxygen atoms in total. The van der Waals surface area contributed by atoms with Crippen LogP contribution in [0.4, 0.5) is 11.8 Å². The third kappa shape index (κ3) is 5.37. The van der Waals surface area contributed by atoms with Crippen molar-refractivity contribution in [3.8, 4) is 11.5 Å². The second-order valence-electron chi connectivity index (χ2n) is 8.12. The fourth-order valence-electron chi connectivity index (χ4n) is 4.23. The molecule has 4 rings (SSSR count). The van der Waals surface area contributed by atoms with E-state index < -0.39 is 0 Å². The fraction of sp³-hybridized carbons (Fsp3) is 0.440. The zero-order chi connectivity index (χ0) is 21.5. The first-order valence-electron chi connectivity index (χ1n) is 11.2. The normalized spacial score (nSPS) is 14.8. The molecular weight excluding hydrogens is 388 g/mol. The highest BCUT2D eigenvalue weighted by atomic mass is 16.5. The number of hydrogen-bond donors (Lipinski definition) is 2. The molecule has 164 valence electrons. The smallest absolute Gasteiger partial charge is 0.225 e. The van der Waals surface area contributed by atoms with Crippen LogP contribution in [0.5, 0.6) is 11.5 Å². The van der Waals surface area contributed by atoms with Crippen LogP contribution in [0.2, 0.25) is 0 Å². The first-order chi connectivity index (χ1) is 15.3. The summed E-state index contributed by atoms with van der Waals surface area (Å²) in [6.07, 6.45) is 8.44. The minimum Gasteiger partial charge on any atom is -0.493 e. The lowest BCUT2D eigenvalue weighted by Crippen LogP contribution is -2.20. The largest absolute Gasteiger partial charge is 0.493 e. The third-order valence-corrected chi connectivity index (χ3v) is 5.94. The molecule has 2 aromatic carbocycles. The fourth-order valence-corrected chi connectivity index (χ4v) is 4.23. The maximum absolute atomic E-state index is 5.53. The Balaban J connectivity index is 1.62. The van der Waals surface area contributed by atoms with Gasteiger partial charge in [-0.1, -0.05) is 56.0 Å². The summed E-state index contributed by atoms with van der Waals surface area (Å²) in [4.78, 5) is 9.62. The minimum absolute atomic E-state index is 0.436. The first kappa shape index (κ1) is 21.2. The van der Waals surface area contributed by atoms with Crippen LogP contribution in [0.3, 0.4) is 0 Å². The van der Waals surface area contributed by atoms with Gasteiger partial charge in [0, 0.05) is 24.0 Å². The van der Waals surface area contributed by atoms with Crippen molar-refractivity contribution < 1.29 is 9.47 Å². The Hall–Kier alpha value is -3.02. The Bertz CT molecular complexity index is 986. The van der Waals surface area contributed by atoms with E-state index in [-0.39, 0.29) is 0 Å². The topological polar surface area (TPSA) is 68.3 Å². The molecule has 0 aliphatic heterocycles. The van der Waals surface area contributed by atoms with Gasteiger partial charge < -0.3 is 20.1 Å². The number of anilines is 2. The van der Waals surface area contributed by atoms with Crippen LogP contribution in [0.15, 0.2) is 42.5 Å². The summed E-state index contributed by atoms with van der Waals surface area (Å²) in [5, 5.41) is 8.07. The number of hydrogen-bond acceptors (Lipinski definition) is 6.